The fraction of sp³-hybridized carbons (Fsp3) is 0.0667. The number of hydrogen-bond acceptors (Lipinski definition) is 3. The van der Waals surface area contributed by atoms with Crippen LogP contribution >= 0.6 is 23.2 Å². The van der Waals surface area contributed by atoms with Gasteiger partial charge in [0.2, 0.25) is 0 Å². The summed E-state index contributed by atoms with van der Waals surface area (Å²) < 4.78 is 0. The minimum Gasteiger partial charge on any atom is -0.398 e. The molecular formula is C15H13Cl2N3O2. The van der Waals surface area contributed by atoms with Crippen LogP contribution in [0.25, 0.3) is 0 Å². The Balaban J connectivity index is 1.93. The Morgan fingerprint density at radius 1 is 1.00 bits per heavy atom. The normalized spacial score (nSPS) is 10.1. The van der Waals surface area contributed by atoms with Gasteiger partial charge in [-0.15, -0.1) is 0 Å². The molecule has 0 fully saturated rings. The van der Waals surface area contributed by atoms with Crippen molar-refractivity contribution in [2.45, 2.75) is 6.54 Å². The number of nitrogen functional groups attached to an aromatic ring is 1. The van der Waals surface area contributed by atoms with Gasteiger partial charge >= 0.3 is 11.8 Å². The maximum atomic E-state index is 11.8. The molecule has 0 aliphatic carbocycles. The van der Waals surface area contributed by atoms with E-state index in [1.807, 2.05) is 0 Å². The molecule has 2 amide bonds. The summed E-state index contributed by atoms with van der Waals surface area (Å²) in [4.78, 5) is 23.5. The number of nitrogens with two attached hydrogens (primary N) is 1. The largest absolute Gasteiger partial charge is 0.398 e. The maximum Gasteiger partial charge on any atom is 0.313 e. The summed E-state index contributed by atoms with van der Waals surface area (Å²) in [5.41, 5.74) is 7.07. The number of carbonyl (C=O) groups is 2. The molecule has 0 heterocycles. The average Bonchev–Trinajstić information content (AvgIpc) is 2.50. The highest BCUT2D eigenvalue weighted by atomic mass is 35.5. The first-order valence-corrected chi connectivity index (χ1v) is 7.10. The van der Waals surface area contributed by atoms with Crippen LogP contribution in [0.1, 0.15) is 5.56 Å². The molecule has 0 radical (unpaired) electrons. The summed E-state index contributed by atoms with van der Waals surface area (Å²) in [5.74, 6) is -1.57. The summed E-state index contributed by atoms with van der Waals surface area (Å²) in [5, 5.41) is 5.75. The topological polar surface area (TPSA) is 84.2 Å². The molecule has 0 atom stereocenters. The van der Waals surface area contributed by atoms with Crippen LogP contribution in [0.3, 0.4) is 0 Å². The smallest absolute Gasteiger partial charge is 0.313 e. The standard InChI is InChI=1S/C15H13Cl2N3O2/c16-11-4-2-1-3-9(11)8-19-14(21)15(22)20-10-5-6-13(18)12(17)7-10/h1-7H,8,18H2,(H,19,21)(H,20,22). The Bertz CT molecular complexity index is 720. The zero-order chi connectivity index (χ0) is 16.1. The second-order valence-corrected chi connectivity index (χ2v) is 5.28. The van der Waals surface area contributed by atoms with Gasteiger partial charge in [0.15, 0.2) is 0 Å². The molecule has 0 unspecified atom stereocenters. The van der Waals surface area contributed by atoms with Gasteiger partial charge in [-0.1, -0.05) is 41.4 Å². The van der Waals surface area contributed by atoms with Gasteiger partial charge in [-0.05, 0) is 29.8 Å². The van der Waals surface area contributed by atoms with E-state index in [9.17, 15) is 9.59 Å². The third-order valence-corrected chi connectivity index (χ3v) is 3.56. The lowest BCUT2D eigenvalue weighted by Crippen LogP contribution is -2.35. The minimum absolute atomic E-state index is 0.161. The first kappa shape index (κ1) is 16.1. The first-order valence-electron chi connectivity index (χ1n) is 6.35. The Morgan fingerprint density at radius 2 is 1.73 bits per heavy atom. The van der Waals surface area contributed by atoms with Gasteiger partial charge in [0.25, 0.3) is 0 Å². The van der Waals surface area contributed by atoms with Gasteiger partial charge < -0.3 is 16.4 Å². The molecule has 0 saturated heterocycles. The van der Waals surface area contributed by atoms with Crippen molar-refractivity contribution in [2.75, 3.05) is 11.1 Å². The van der Waals surface area contributed by atoms with E-state index in [1.54, 1.807) is 36.4 Å². The monoisotopic (exact) mass is 337 g/mol. The molecule has 2 aromatic carbocycles. The second kappa shape index (κ2) is 7.15. The van der Waals surface area contributed by atoms with Gasteiger partial charge in [0, 0.05) is 17.3 Å². The van der Waals surface area contributed by atoms with E-state index in [-0.39, 0.29) is 6.54 Å². The number of benzene rings is 2. The van der Waals surface area contributed by atoms with Gasteiger partial charge in [0.05, 0.1) is 10.7 Å². The molecule has 0 spiro atoms. The molecule has 7 heteroatoms. The Labute approximate surface area is 137 Å². The second-order valence-electron chi connectivity index (χ2n) is 4.46. The van der Waals surface area contributed by atoms with Crippen LogP contribution < -0.4 is 16.4 Å². The van der Waals surface area contributed by atoms with Crippen molar-refractivity contribution in [3.05, 3.63) is 58.1 Å². The van der Waals surface area contributed by atoms with Crippen LogP contribution in [-0.2, 0) is 16.1 Å². The number of halogens is 2. The lowest BCUT2D eigenvalue weighted by Gasteiger charge is -2.08. The maximum absolute atomic E-state index is 11.8. The molecule has 4 N–H and O–H groups in total. The summed E-state index contributed by atoms with van der Waals surface area (Å²) in [6, 6.07) is 11.6. The van der Waals surface area contributed by atoms with E-state index in [4.69, 9.17) is 28.9 Å². The quantitative estimate of drug-likeness (QED) is 0.594. The molecule has 22 heavy (non-hydrogen) atoms. The van der Waals surface area contributed by atoms with Crippen molar-refractivity contribution in [2.24, 2.45) is 0 Å². The third kappa shape index (κ3) is 4.13. The van der Waals surface area contributed by atoms with E-state index in [2.05, 4.69) is 10.6 Å². The van der Waals surface area contributed by atoms with Crippen LogP contribution in [0.5, 0.6) is 0 Å². The number of hydrogen-bond donors (Lipinski definition) is 3. The molecule has 2 rings (SSSR count). The highest BCUT2D eigenvalue weighted by Crippen LogP contribution is 2.22. The van der Waals surface area contributed by atoms with E-state index in [0.717, 1.165) is 5.56 Å². The zero-order valence-corrected chi connectivity index (χ0v) is 12.9. The van der Waals surface area contributed by atoms with Crippen molar-refractivity contribution < 1.29 is 9.59 Å². The van der Waals surface area contributed by atoms with Crippen LogP contribution in [0.2, 0.25) is 10.0 Å². The van der Waals surface area contributed by atoms with E-state index in [0.29, 0.717) is 21.4 Å². The molecule has 5 nitrogen and oxygen atoms in total. The van der Waals surface area contributed by atoms with E-state index < -0.39 is 11.8 Å². The average molecular weight is 338 g/mol. The highest BCUT2D eigenvalue weighted by molar-refractivity contribution is 6.40. The van der Waals surface area contributed by atoms with Crippen LogP contribution in [0.15, 0.2) is 42.5 Å². The van der Waals surface area contributed by atoms with E-state index >= 15 is 0 Å². The lowest BCUT2D eigenvalue weighted by atomic mass is 10.2. The van der Waals surface area contributed by atoms with Crippen molar-refractivity contribution in [1.29, 1.82) is 0 Å². The molecule has 0 aliphatic heterocycles. The van der Waals surface area contributed by atoms with E-state index in [1.165, 1.54) is 6.07 Å². The number of nitrogens with one attached hydrogen (secondary N) is 2. The predicted octanol–water partition coefficient (Wildman–Crippen LogP) is 2.83. The Kier molecular flexibility index (Phi) is 5.25. The number of rotatable bonds is 3. The van der Waals surface area contributed by atoms with Crippen molar-refractivity contribution >= 4 is 46.4 Å². The Morgan fingerprint density at radius 3 is 2.41 bits per heavy atom. The molecule has 0 aromatic heterocycles. The number of carbonyl (C=O) groups excluding carboxylic acids is 2. The van der Waals surface area contributed by atoms with Crippen LogP contribution in [0, 0.1) is 0 Å². The molecule has 114 valence electrons. The van der Waals surface area contributed by atoms with Crippen molar-refractivity contribution in [3.8, 4) is 0 Å². The third-order valence-electron chi connectivity index (χ3n) is 2.86. The number of anilines is 2. The van der Waals surface area contributed by atoms with Crippen molar-refractivity contribution in [3.63, 3.8) is 0 Å². The fourth-order valence-corrected chi connectivity index (χ4v) is 2.07. The fourth-order valence-electron chi connectivity index (χ4n) is 1.69. The van der Waals surface area contributed by atoms with Crippen LogP contribution in [-0.4, -0.2) is 11.8 Å². The van der Waals surface area contributed by atoms with Gasteiger partial charge in [-0.2, -0.15) is 0 Å². The zero-order valence-electron chi connectivity index (χ0n) is 11.4. The predicted molar refractivity (Wildman–Crippen MR) is 87.8 cm³/mol. The summed E-state index contributed by atoms with van der Waals surface area (Å²) in [7, 11) is 0. The summed E-state index contributed by atoms with van der Waals surface area (Å²) in [6.45, 7) is 0.161. The van der Waals surface area contributed by atoms with Crippen LogP contribution in [0.4, 0.5) is 11.4 Å². The van der Waals surface area contributed by atoms with Gasteiger partial charge in [-0.25, -0.2) is 0 Å². The molecular weight excluding hydrogens is 325 g/mol. The molecule has 0 bridgehead atoms. The Hall–Kier alpha value is -2.24. The summed E-state index contributed by atoms with van der Waals surface area (Å²) in [6.07, 6.45) is 0. The lowest BCUT2D eigenvalue weighted by molar-refractivity contribution is -0.136. The molecule has 0 aliphatic rings. The van der Waals surface area contributed by atoms with Gasteiger partial charge in [-0.3, -0.25) is 9.59 Å². The van der Waals surface area contributed by atoms with Crippen molar-refractivity contribution in [1.82, 2.24) is 5.32 Å². The highest BCUT2D eigenvalue weighted by Gasteiger charge is 2.14. The van der Waals surface area contributed by atoms with Gasteiger partial charge in [0.1, 0.15) is 0 Å². The molecule has 2 aromatic rings. The SMILES string of the molecule is Nc1ccc(NC(=O)C(=O)NCc2ccccc2Cl)cc1Cl. The minimum atomic E-state index is -0.798. The summed E-state index contributed by atoms with van der Waals surface area (Å²) >= 11 is 11.8. The number of amides is 2. The first-order chi connectivity index (χ1) is 10.5. The molecule has 0 saturated carbocycles.